The Bertz CT molecular complexity index is 1350. The van der Waals surface area contributed by atoms with Gasteiger partial charge in [0.25, 0.3) is 0 Å². The highest BCUT2D eigenvalue weighted by Gasteiger charge is 2.12. The monoisotopic (exact) mass is 578 g/mol. The molecule has 0 saturated carbocycles. The molecule has 4 rings (SSSR count). The van der Waals surface area contributed by atoms with Crippen molar-refractivity contribution in [2.75, 3.05) is 13.2 Å². The summed E-state index contributed by atoms with van der Waals surface area (Å²) in [4.78, 5) is 23.5. The molecular weight excluding hydrogens is 547 g/mol. The van der Waals surface area contributed by atoms with E-state index in [2.05, 4.69) is 36.4 Å². The van der Waals surface area contributed by atoms with Crippen molar-refractivity contribution in [1.82, 2.24) is 4.90 Å². The predicted octanol–water partition coefficient (Wildman–Crippen LogP) is 7.46. The molecule has 40 heavy (non-hydrogen) atoms. The van der Waals surface area contributed by atoms with Crippen LogP contribution in [0.15, 0.2) is 103 Å². The van der Waals surface area contributed by atoms with Gasteiger partial charge in [0, 0.05) is 13.1 Å². The molecule has 0 aliphatic rings. The van der Waals surface area contributed by atoms with Gasteiger partial charge in [-0.15, -0.1) is 0 Å². The van der Waals surface area contributed by atoms with Crippen LogP contribution in [-0.2, 0) is 29.1 Å². The molecule has 3 N–H and O–H groups in total. The summed E-state index contributed by atoms with van der Waals surface area (Å²) in [5.74, 6) is -0.826. The third kappa shape index (κ3) is 10.7. The van der Waals surface area contributed by atoms with Crippen molar-refractivity contribution in [3.05, 3.63) is 130 Å². The molecule has 4 aromatic carbocycles. The highest BCUT2D eigenvalue weighted by molar-refractivity contribution is 6.42. The molecule has 2 amide bonds. The second-order valence-corrected chi connectivity index (χ2v) is 9.82. The normalized spacial score (nSPS) is 10.3. The zero-order valence-electron chi connectivity index (χ0n) is 22.0. The van der Waals surface area contributed by atoms with E-state index >= 15 is 0 Å². The number of rotatable bonds is 11. The number of benzene rings is 4. The summed E-state index contributed by atoms with van der Waals surface area (Å²) < 4.78 is 5.15. The number of nitrogens with zero attached hydrogens (tertiary/aromatic N) is 1. The maximum absolute atomic E-state index is 11.8. The van der Waals surface area contributed by atoms with E-state index < -0.39 is 12.0 Å². The van der Waals surface area contributed by atoms with Gasteiger partial charge < -0.3 is 20.5 Å². The van der Waals surface area contributed by atoms with Crippen LogP contribution in [0.1, 0.15) is 23.1 Å². The maximum atomic E-state index is 11.8. The summed E-state index contributed by atoms with van der Waals surface area (Å²) in [6, 6.07) is 33.1. The van der Waals surface area contributed by atoms with Gasteiger partial charge in [-0.25, -0.2) is 4.79 Å². The molecule has 0 atom stereocenters. The van der Waals surface area contributed by atoms with Crippen LogP contribution in [0.25, 0.3) is 11.1 Å². The van der Waals surface area contributed by atoms with E-state index in [1.54, 1.807) is 17.0 Å². The number of carboxylic acids is 1. The third-order valence-corrected chi connectivity index (χ3v) is 6.71. The lowest BCUT2D eigenvalue weighted by atomic mass is 10.0. The molecule has 208 valence electrons. The number of aliphatic carboxylic acids is 1. The third-order valence-electron chi connectivity index (χ3n) is 5.97. The minimum atomic E-state index is -0.826. The van der Waals surface area contributed by atoms with Gasteiger partial charge in [-0.2, -0.15) is 0 Å². The van der Waals surface area contributed by atoms with E-state index in [1.165, 1.54) is 11.1 Å². The van der Waals surface area contributed by atoms with Gasteiger partial charge in [0.15, 0.2) is 0 Å². The Morgan fingerprint density at radius 1 is 0.750 bits per heavy atom. The number of carbonyl (C=O) groups excluding carboxylic acids is 1. The first-order valence-corrected chi connectivity index (χ1v) is 13.5. The molecule has 0 radical (unpaired) electrons. The minimum Gasteiger partial charge on any atom is -0.481 e. The minimum absolute atomic E-state index is 0.0623. The van der Waals surface area contributed by atoms with Crippen LogP contribution in [0.5, 0.6) is 0 Å². The highest BCUT2D eigenvalue weighted by Crippen LogP contribution is 2.23. The summed E-state index contributed by atoms with van der Waals surface area (Å²) >= 11 is 12.0. The van der Waals surface area contributed by atoms with E-state index in [4.69, 9.17) is 38.8 Å². The van der Waals surface area contributed by atoms with Crippen LogP contribution >= 0.6 is 23.2 Å². The summed E-state index contributed by atoms with van der Waals surface area (Å²) in [7, 11) is 0. The number of carbonyl (C=O) groups is 2. The first-order chi connectivity index (χ1) is 19.3. The predicted molar refractivity (Wildman–Crippen MR) is 160 cm³/mol. The molecule has 0 heterocycles. The lowest BCUT2D eigenvalue weighted by molar-refractivity contribution is -0.138. The first kappa shape index (κ1) is 30.7. The lowest BCUT2D eigenvalue weighted by Crippen LogP contribution is -2.36. The molecule has 4 aromatic rings. The molecule has 0 unspecified atom stereocenters. The maximum Gasteiger partial charge on any atom is 0.315 e. The molecular formula is C32H32Cl2N2O4. The van der Waals surface area contributed by atoms with Gasteiger partial charge in [0.2, 0.25) is 0 Å². The average molecular weight is 580 g/mol. The molecule has 0 aliphatic heterocycles. The van der Waals surface area contributed by atoms with Crippen molar-refractivity contribution < 1.29 is 19.4 Å². The molecule has 6 nitrogen and oxygen atoms in total. The van der Waals surface area contributed by atoms with Crippen LogP contribution in [0, 0.1) is 0 Å². The second kappa shape index (κ2) is 16.3. The number of nitrogens with two attached hydrogens (primary N) is 1. The van der Waals surface area contributed by atoms with Crippen LogP contribution < -0.4 is 5.73 Å². The molecule has 0 fully saturated rings. The summed E-state index contributed by atoms with van der Waals surface area (Å²) in [5.41, 5.74) is 11.0. The summed E-state index contributed by atoms with van der Waals surface area (Å²) in [6.45, 7) is 1.67. The fourth-order valence-corrected chi connectivity index (χ4v) is 4.13. The van der Waals surface area contributed by atoms with Crippen molar-refractivity contribution in [2.24, 2.45) is 5.73 Å². The van der Waals surface area contributed by atoms with Gasteiger partial charge in [0.1, 0.15) is 0 Å². The van der Waals surface area contributed by atoms with Gasteiger partial charge in [0.05, 0.1) is 29.7 Å². The number of primary amides is 1. The second-order valence-electron chi connectivity index (χ2n) is 9.00. The standard InChI is InChI=1S/C22H20Cl2N2O.C10H12O3/c23-20-11-8-17(14-21(20)24)15-26(22(25)27)13-12-16-6-9-19(10-7-16)18-4-2-1-3-5-18;11-10(12)6-7-13-8-9-4-2-1-3-5-9/h1-11,14H,12-13,15H2,(H2,25,27);1-5H,6-8H2,(H,11,12). The number of amides is 2. The smallest absolute Gasteiger partial charge is 0.315 e. The van der Waals surface area contributed by atoms with Crippen molar-refractivity contribution in [2.45, 2.75) is 26.0 Å². The molecule has 0 bridgehead atoms. The van der Waals surface area contributed by atoms with Gasteiger partial charge in [-0.05, 0) is 46.4 Å². The lowest BCUT2D eigenvalue weighted by Gasteiger charge is -2.21. The fraction of sp³-hybridized carbons (Fsp3) is 0.188. The fourth-order valence-electron chi connectivity index (χ4n) is 3.81. The van der Waals surface area contributed by atoms with Crippen LogP contribution in [0.3, 0.4) is 0 Å². The van der Waals surface area contributed by atoms with Crippen molar-refractivity contribution >= 4 is 35.2 Å². The van der Waals surface area contributed by atoms with E-state index in [0.717, 1.165) is 23.1 Å². The van der Waals surface area contributed by atoms with Crippen LogP contribution in [-0.4, -0.2) is 35.2 Å². The first-order valence-electron chi connectivity index (χ1n) is 12.8. The topological polar surface area (TPSA) is 92.9 Å². The van der Waals surface area contributed by atoms with Gasteiger partial charge in [-0.3, -0.25) is 4.79 Å². The molecule has 0 aliphatic carbocycles. The number of halogens is 2. The largest absolute Gasteiger partial charge is 0.481 e. The highest BCUT2D eigenvalue weighted by atomic mass is 35.5. The molecule has 0 saturated heterocycles. The van der Waals surface area contributed by atoms with Crippen molar-refractivity contribution in [3.63, 3.8) is 0 Å². The van der Waals surface area contributed by atoms with E-state index in [1.807, 2.05) is 54.6 Å². The number of ether oxygens (including phenoxy) is 1. The summed E-state index contributed by atoms with van der Waals surface area (Å²) in [5, 5.41) is 9.29. The molecule has 0 aromatic heterocycles. The Morgan fingerprint density at radius 2 is 1.35 bits per heavy atom. The SMILES string of the molecule is NC(=O)N(CCc1ccc(-c2ccccc2)cc1)Cc1ccc(Cl)c(Cl)c1.O=C(O)CCOCc1ccccc1. The van der Waals surface area contributed by atoms with E-state index in [0.29, 0.717) is 29.7 Å². The van der Waals surface area contributed by atoms with Crippen LogP contribution in [0.4, 0.5) is 4.79 Å². The molecule has 8 heteroatoms. The number of hydrogen-bond acceptors (Lipinski definition) is 3. The average Bonchev–Trinajstić information content (AvgIpc) is 2.96. The Labute approximate surface area is 244 Å². The quantitative estimate of drug-likeness (QED) is 0.180. The van der Waals surface area contributed by atoms with E-state index in [9.17, 15) is 9.59 Å². The zero-order chi connectivity index (χ0) is 28.7. The zero-order valence-corrected chi connectivity index (χ0v) is 23.5. The van der Waals surface area contributed by atoms with Gasteiger partial charge >= 0.3 is 12.0 Å². The van der Waals surface area contributed by atoms with Gasteiger partial charge in [-0.1, -0.05) is 114 Å². The Morgan fingerprint density at radius 3 is 1.95 bits per heavy atom. The van der Waals surface area contributed by atoms with Crippen molar-refractivity contribution in [1.29, 1.82) is 0 Å². The Hall–Kier alpha value is -3.84. The summed E-state index contributed by atoms with van der Waals surface area (Å²) in [6.07, 6.45) is 0.784. The van der Waals surface area contributed by atoms with E-state index in [-0.39, 0.29) is 13.0 Å². The Balaban J connectivity index is 0.000000285. The molecule has 0 spiro atoms. The number of carboxylic acid groups (broad SMARTS) is 1. The van der Waals surface area contributed by atoms with Crippen LogP contribution in [0.2, 0.25) is 10.0 Å². The Kier molecular flexibility index (Phi) is 12.5. The number of hydrogen-bond donors (Lipinski definition) is 2. The van der Waals surface area contributed by atoms with Crippen molar-refractivity contribution in [3.8, 4) is 11.1 Å². The number of urea groups is 1.